The van der Waals surface area contributed by atoms with Crippen molar-refractivity contribution in [2.24, 2.45) is 5.73 Å². The van der Waals surface area contributed by atoms with Crippen molar-refractivity contribution in [1.29, 1.82) is 5.41 Å². The highest BCUT2D eigenvalue weighted by atomic mass is 16.3. The highest BCUT2D eigenvalue weighted by Gasteiger charge is 2.12. The molecule has 88 valence electrons. The number of nitrogens with one attached hydrogen (secondary N) is 1. The maximum atomic E-state index is 9.00. The Hall–Kier alpha value is -1.62. The van der Waals surface area contributed by atoms with E-state index in [0.29, 0.717) is 17.9 Å². The van der Waals surface area contributed by atoms with E-state index in [2.05, 4.69) is 11.9 Å². The second-order valence-corrected chi connectivity index (χ2v) is 3.50. The number of aliphatic hydroxyl groups is 1. The minimum atomic E-state index is 0.00198. The van der Waals surface area contributed by atoms with Gasteiger partial charge in [0, 0.05) is 19.3 Å². The van der Waals surface area contributed by atoms with Crippen molar-refractivity contribution < 1.29 is 5.11 Å². The van der Waals surface area contributed by atoms with Crippen molar-refractivity contribution in [3.05, 3.63) is 23.9 Å². The van der Waals surface area contributed by atoms with Crippen LogP contribution in [-0.4, -0.2) is 35.6 Å². The van der Waals surface area contributed by atoms with E-state index in [1.807, 2.05) is 4.90 Å². The fourth-order valence-corrected chi connectivity index (χ4v) is 1.57. The van der Waals surface area contributed by atoms with Crippen LogP contribution < -0.4 is 10.6 Å². The molecule has 0 fully saturated rings. The Morgan fingerprint density at radius 2 is 2.31 bits per heavy atom. The first-order valence-electron chi connectivity index (χ1n) is 5.36. The molecule has 0 saturated carbocycles. The third kappa shape index (κ3) is 2.93. The first-order valence-corrected chi connectivity index (χ1v) is 5.36. The van der Waals surface area contributed by atoms with Gasteiger partial charge in [-0.25, -0.2) is 4.98 Å². The van der Waals surface area contributed by atoms with Gasteiger partial charge < -0.3 is 15.7 Å². The van der Waals surface area contributed by atoms with Gasteiger partial charge in [-0.15, -0.1) is 0 Å². The number of aliphatic hydroxyl groups excluding tert-OH is 1. The number of aromatic nitrogens is 1. The summed E-state index contributed by atoms with van der Waals surface area (Å²) >= 11 is 0. The summed E-state index contributed by atoms with van der Waals surface area (Å²) < 4.78 is 0. The molecule has 1 heterocycles. The zero-order valence-corrected chi connectivity index (χ0v) is 9.48. The summed E-state index contributed by atoms with van der Waals surface area (Å²) in [4.78, 5) is 6.17. The lowest BCUT2D eigenvalue weighted by Crippen LogP contribution is -2.30. The number of hydrogen-bond donors (Lipinski definition) is 3. The number of amidine groups is 1. The fourth-order valence-electron chi connectivity index (χ4n) is 1.57. The standard InChI is InChI=1S/C11H18N4O/c1-2-6-15(7-8-16)11-9(10(12)13)4-3-5-14-11/h3-5,16H,2,6-8H2,1H3,(H3,12,13). The molecule has 0 atom stereocenters. The molecule has 0 unspecified atom stereocenters. The van der Waals surface area contributed by atoms with Crippen LogP contribution in [0, 0.1) is 5.41 Å². The maximum Gasteiger partial charge on any atom is 0.139 e. The molecule has 0 aliphatic heterocycles. The number of nitrogen functional groups attached to an aromatic ring is 1. The molecule has 0 aliphatic rings. The normalized spacial score (nSPS) is 10.1. The van der Waals surface area contributed by atoms with Crippen molar-refractivity contribution in [1.82, 2.24) is 4.98 Å². The zero-order valence-electron chi connectivity index (χ0n) is 9.48. The Morgan fingerprint density at radius 1 is 1.56 bits per heavy atom. The van der Waals surface area contributed by atoms with Gasteiger partial charge in [0.15, 0.2) is 0 Å². The van der Waals surface area contributed by atoms with Crippen LogP contribution in [0.3, 0.4) is 0 Å². The molecule has 0 bridgehead atoms. The molecule has 0 radical (unpaired) electrons. The lowest BCUT2D eigenvalue weighted by Gasteiger charge is -2.24. The van der Waals surface area contributed by atoms with Crippen LogP contribution in [0.4, 0.5) is 5.82 Å². The van der Waals surface area contributed by atoms with Crippen LogP contribution in [0.15, 0.2) is 18.3 Å². The third-order valence-corrected chi connectivity index (χ3v) is 2.24. The summed E-state index contributed by atoms with van der Waals surface area (Å²) in [6.45, 7) is 3.41. The summed E-state index contributed by atoms with van der Waals surface area (Å²) in [5, 5.41) is 16.5. The van der Waals surface area contributed by atoms with Gasteiger partial charge in [-0.2, -0.15) is 0 Å². The molecule has 0 saturated heterocycles. The predicted molar refractivity (Wildman–Crippen MR) is 64.8 cm³/mol. The molecule has 1 aromatic heterocycles. The van der Waals surface area contributed by atoms with E-state index >= 15 is 0 Å². The quantitative estimate of drug-likeness (QED) is 0.485. The van der Waals surface area contributed by atoms with E-state index < -0.39 is 0 Å². The zero-order chi connectivity index (χ0) is 12.0. The summed E-state index contributed by atoms with van der Waals surface area (Å²) in [5.74, 6) is 0.674. The van der Waals surface area contributed by atoms with Gasteiger partial charge >= 0.3 is 0 Å². The monoisotopic (exact) mass is 222 g/mol. The highest BCUT2D eigenvalue weighted by molar-refractivity contribution is 5.99. The van der Waals surface area contributed by atoms with Crippen LogP contribution in [0.2, 0.25) is 0 Å². The lowest BCUT2D eigenvalue weighted by molar-refractivity contribution is 0.301. The van der Waals surface area contributed by atoms with Gasteiger partial charge in [0.1, 0.15) is 11.7 Å². The smallest absolute Gasteiger partial charge is 0.139 e. The lowest BCUT2D eigenvalue weighted by atomic mass is 10.2. The first-order chi connectivity index (χ1) is 7.70. The molecule has 4 N–H and O–H groups in total. The average Bonchev–Trinajstić information content (AvgIpc) is 2.29. The molecule has 1 rings (SSSR count). The summed E-state index contributed by atoms with van der Waals surface area (Å²) in [7, 11) is 0. The second-order valence-electron chi connectivity index (χ2n) is 3.50. The van der Waals surface area contributed by atoms with Gasteiger partial charge in [-0.3, -0.25) is 5.41 Å². The molecule has 0 amide bonds. The van der Waals surface area contributed by atoms with Gasteiger partial charge in [-0.1, -0.05) is 6.92 Å². The van der Waals surface area contributed by atoms with E-state index in [4.69, 9.17) is 16.2 Å². The Kier molecular flexibility index (Phi) is 4.72. The van der Waals surface area contributed by atoms with E-state index in [-0.39, 0.29) is 12.4 Å². The summed E-state index contributed by atoms with van der Waals surface area (Å²) in [6, 6.07) is 3.52. The van der Waals surface area contributed by atoms with Crippen molar-refractivity contribution in [2.75, 3.05) is 24.6 Å². The number of nitrogens with two attached hydrogens (primary N) is 1. The minimum absolute atomic E-state index is 0.00198. The van der Waals surface area contributed by atoms with Crippen LogP contribution in [0.25, 0.3) is 0 Å². The number of pyridine rings is 1. The molecular formula is C11H18N4O. The molecule has 0 spiro atoms. The Balaban J connectivity index is 3.02. The number of anilines is 1. The Morgan fingerprint density at radius 3 is 2.88 bits per heavy atom. The number of hydrogen-bond acceptors (Lipinski definition) is 4. The Labute approximate surface area is 95.4 Å². The number of nitrogens with zero attached hydrogens (tertiary/aromatic N) is 2. The number of rotatable bonds is 6. The molecule has 1 aromatic rings. The minimum Gasteiger partial charge on any atom is -0.395 e. The second kappa shape index (κ2) is 6.07. The highest BCUT2D eigenvalue weighted by Crippen LogP contribution is 2.16. The van der Waals surface area contributed by atoms with Gasteiger partial charge in [0.05, 0.1) is 12.2 Å². The average molecular weight is 222 g/mol. The molecular weight excluding hydrogens is 204 g/mol. The molecule has 5 nitrogen and oxygen atoms in total. The van der Waals surface area contributed by atoms with E-state index in [1.165, 1.54) is 0 Å². The van der Waals surface area contributed by atoms with Crippen LogP contribution in [-0.2, 0) is 0 Å². The van der Waals surface area contributed by atoms with Crippen molar-refractivity contribution in [3.63, 3.8) is 0 Å². The topological polar surface area (TPSA) is 86.2 Å². The first kappa shape index (κ1) is 12.4. The fraction of sp³-hybridized carbons (Fsp3) is 0.455. The van der Waals surface area contributed by atoms with Crippen LogP contribution in [0.1, 0.15) is 18.9 Å². The predicted octanol–water partition coefficient (Wildman–Crippen LogP) is 0.574. The van der Waals surface area contributed by atoms with Crippen molar-refractivity contribution in [2.45, 2.75) is 13.3 Å². The maximum absolute atomic E-state index is 9.00. The van der Waals surface area contributed by atoms with Crippen molar-refractivity contribution >= 4 is 11.7 Å². The molecule has 16 heavy (non-hydrogen) atoms. The van der Waals surface area contributed by atoms with E-state index in [1.54, 1.807) is 18.3 Å². The summed E-state index contributed by atoms with van der Waals surface area (Å²) in [6.07, 6.45) is 2.62. The SMILES string of the molecule is CCCN(CCO)c1ncccc1C(=N)N. The van der Waals surface area contributed by atoms with Gasteiger partial charge in [0.2, 0.25) is 0 Å². The van der Waals surface area contributed by atoms with Crippen molar-refractivity contribution in [3.8, 4) is 0 Å². The van der Waals surface area contributed by atoms with Crippen LogP contribution in [0.5, 0.6) is 0 Å². The van der Waals surface area contributed by atoms with Crippen LogP contribution >= 0.6 is 0 Å². The van der Waals surface area contributed by atoms with Gasteiger partial charge in [-0.05, 0) is 18.6 Å². The Bertz CT molecular complexity index is 348. The van der Waals surface area contributed by atoms with E-state index in [0.717, 1.165) is 13.0 Å². The summed E-state index contributed by atoms with van der Waals surface area (Å²) in [5.41, 5.74) is 6.11. The van der Waals surface area contributed by atoms with Gasteiger partial charge in [0.25, 0.3) is 0 Å². The molecule has 0 aliphatic carbocycles. The van der Waals surface area contributed by atoms with E-state index in [9.17, 15) is 0 Å². The molecule has 0 aromatic carbocycles. The third-order valence-electron chi connectivity index (χ3n) is 2.24. The molecule has 5 heteroatoms. The largest absolute Gasteiger partial charge is 0.395 e.